The number of hydrogen-bond acceptors (Lipinski definition) is 3. The molecule has 2 N–H and O–H groups in total. The molecule has 15 heavy (non-hydrogen) atoms. The Kier molecular flexibility index (Phi) is 5.58. The fourth-order valence-electron chi connectivity index (χ4n) is 1.77. The van der Waals surface area contributed by atoms with E-state index in [1.807, 2.05) is 0 Å². The van der Waals surface area contributed by atoms with E-state index in [4.69, 9.17) is 4.74 Å². The van der Waals surface area contributed by atoms with Crippen molar-refractivity contribution in [2.75, 3.05) is 19.8 Å². The monoisotopic (exact) mass is 215 g/mol. The number of ether oxygens (including phenoxy) is 1. The molecule has 0 aromatic heterocycles. The van der Waals surface area contributed by atoms with Crippen LogP contribution in [0.15, 0.2) is 0 Å². The summed E-state index contributed by atoms with van der Waals surface area (Å²) < 4.78 is 5.36. The lowest BCUT2D eigenvalue weighted by Crippen LogP contribution is -2.51. The number of aliphatic hydroxyl groups is 1. The molecule has 0 aromatic carbocycles. The predicted molar refractivity (Wildman–Crippen MR) is 62.0 cm³/mol. The summed E-state index contributed by atoms with van der Waals surface area (Å²) >= 11 is 0. The maximum Gasteiger partial charge on any atom is 0.0897 e. The lowest BCUT2D eigenvalue weighted by atomic mass is 9.78. The maximum absolute atomic E-state index is 9.64. The first-order chi connectivity index (χ1) is 7.16. The first kappa shape index (κ1) is 12.9. The molecule has 1 fully saturated rings. The number of β-amino-alcohol motifs (C(OH)–C–C–N with tert-alkyl or cyclic N) is 1. The molecule has 1 aliphatic rings. The van der Waals surface area contributed by atoms with Crippen molar-refractivity contribution in [2.24, 2.45) is 0 Å². The molecule has 90 valence electrons. The highest BCUT2D eigenvalue weighted by Gasteiger charge is 2.31. The third-order valence-electron chi connectivity index (χ3n) is 3.17. The van der Waals surface area contributed by atoms with Crippen LogP contribution in [0, 0.1) is 0 Å². The number of rotatable bonds is 8. The molecule has 0 saturated heterocycles. The third-order valence-corrected chi connectivity index (χ3v) is 3.17. The molecule has 0 spiro atoms. The molecule has 3 nitrogen and oxygen atoms in total. The highest BCUT2D eigenvalue weighted by atomic mass is 16.5. The smallest absolute Gasteiger partial charge is 0.0897 e. The van der Waals surface area contributed by atoms with Crippen LogP contribution in [0.4, 0.5) is 0 Å². The Balaban J connectivity index is 1.95. The van der Waals surface area contributed by atoms with Gasteiger partial charge in [-0.3, -0.25) is 0 Å². The van der Waals surface area contributed by atoms with E-state index in [2.05, 4.69) is 19.2 Å². The van der Waals surface area contributed by atoms with Crippen LogP contribution in [0.1, 0.15) is 46.0 Å². The molecule has 1 unspecified atom stereocenters. The summed E-state index contributed by atoms with van der Waals surface area (Å²) in [5.41, 5.74) is 0.282. The van der Waals surface area contributed by atoms with Crippen LogP contribution in [0.2, 0.25) is 0 Å². The second-order valence-electron chi connectivity index (χ2n) is 4.88. The summed E-state index contributed by atoms with van der Waals surface area (Å²) in [7, 11) is 0. The topological polar surface area (TPSA) is 41.5 Å². The highest BCUT2D eigenvalue weighted by molar-refractivity contribution is 4.91. The van der Waals surface area contributed by atoms with E-state index in [1.165, 1.54) is 19.3 Å². The minimum absolute atomic E-state index is 0.282. The van der Waals surface area contributed by atoms with E-state index in [0.717, 1.165) is 19.4 Å². The molecular formula is C12H25NO2. The molecule has 1 atom stereocenters. The summed E-state index contributed by atoms with van der Waals surface area (Å²) in [6.45, 7) is 6.25. The van der Waals surface area contributed by atoms with Gasteiger partial charge in [0.2, 0.25) is 0 Å². The summed E-state index contributed by atoms with van der Waals surface area (Å²) in [4.78, 5) is 0. The average molecular weight is 215 g/mol. The Bertz CT molecular complexity index is 169. The minimum atomic E-state index is -0.362. The van der Waals surface area contributed by atoms with Crippen LogP contribution < -0.4 is 5.32 Å². The lowest BCUT2D eigenvalue weighted by molar-refractivity contribution is 0.0283. The Labute approximate surface area is 93.2 Å². The zero-order valence-electron chi connectivity index (χ0n) is 10.1. The molecule has 3 heteroatoms. The van der Waals surface area contributed by atoms with E-state index in [-0.39, 0.29) is 11.6 Å². The van der Waals surface area contributed by atoms with E-state index >= 15 is 0 Å². The summed E-state index contributed by atoms with van der Waals surface area (Å²) in [5.74, 6) is 0. The number of unbranched alkanes of at least 4 members (excludes halogenated alkanes) is 1. The third kappa shape index (κ3) is 4.96. The largest absolute Gasteiger partial charge is 0.389 e. The SMILES string of the molecule is CCCCOCC(O)CNC1(C)CCC1. The van der Waals surface area contributed by atoms with Crippen molar-refractivity contribution in [3.05, 3.63) is 0 Å². The van der Waals surface area contributed by atoms with Gasteiger partial charge in [-0.1, -0.05) is 13.3 Å². The second kappa shape index (κ2) is 6.46. The molecule has 0 aromatic rings. The van der Waals surface area contributed by atoms with Crippen molar-refractivity contribution < 1.29 is 9.84 Å². The van der Waals surface area contributed by atoms with Gasteiger partial charge in [-0.05, 0) is 32.6 Å². The van der Waals surface area contributed by atoms with E-state index in [0.29, 0.717) is 13.2 Å². The fourth-order valence-corrected chi connectivity index (χ4v) is 1.77. The Morgan fingerprint density at radius 3 is 2.73 bits per heavy atom. The molecular weight excluding hydrogens is 190 g/mol. The Morgan fingerprint density at radius 2 is 2.20 bits per heavy atom. The van der Waals surface area contributed by atoms with E-state index in [9.17, 15) is 5.11 Å². The fraction of sp³-hybridized carbons (Fsp3) is 1.00. The number of nitrogens with one attached hydrogen (secondary N) is 1. The van der Waals surface area contributed by atoms with Gasteiger partial charge in [0.1, 0.15) is 0 Å². The quantitative estimate of drug-likeness (QED) is 0.606. The Hall–Kier alpha value is -0.120. The first-order valence-electron chi connectivity index (χ1n) is 6.17. The normalized spacial score (nSPS) is 21.0. The van der Waals surface area contributed by atoms with Crippen molar-refractivity contribution in [1.82, 2.24) is 5.32 Å². The molecule has 1 saturated carbocycles. The standard InChI is InChI=1S/C12H25NO2/c1-3-4-8-15-10-11(14)9-13-12(2)6-5-7-12/h11,13-14H,3-10H2,1-2H3. The predicted octanol–water partition coefficient (Wildman–Crippen LogP) is 1.70. The zero-order chi connectivity index (χ0) is 11.1. The van der Waals surface area contributed by atoms with Gasteiger partial charge in [0.05, 0.1) is 12.7 Å². The van der Waals surface area contributed by atoms with Crippen LogP contribution in [-0.2, 0) is 4.74 Å². The van der Waals surface area contributed by atoms with Gasteiger partial charge in [0.15, 0.2) is 0 Å². The van der Waals surface area contributed by atoms with Crippen LogP contribution in [0.3, 0.4) is 0 Å². The second-order valence-corrected chi connectivity index (χ2v) is 4.88. The van der Waals surface area contributed by atoms with Crippen molar-refractivity contribution in [3.8, 4) is 0 Å². The summed E-state index contributed by atoms with van der Waals surface area (Å²) in [6.07, 6.45) is 5.64. The van der Waals surface area contributed by atoms with Gasteiger partial charge in [0.25, 0.3) is 0 Å². The van der Waals surface area contributed by atoms with Gasteiger partial charge in [-0.15, -0.1) is 0 Å². The van der Waals surface area contributed by atoms with Gasteiger partial charge in [0, 0.05) is 18.7 Å². The molecule has 0 radical (unpaired) electrons. The minimum Gasteiger partial charge on any atom is -0.389 e. The summed E-state index contributed by atoms with van der Waals surface area (Å²) in [5, 5.41) is 13.1. The van der Waals surface area contributed by atoms with Crippen molar-refractivity contribution >= 4 is 0 Å². The van der Waals surface area contributed by atoms with Crippen LogP contribution in [-0.4, -0.2) is 36.5 Å². The average Bonchev–Trinajstić information content (AvgIpc) is 2.19. The first-order valence-corrected chi connectivity index (χ1v) is 6.17. The number of hydrogen-bond donors (Lipinski definition) is 2. The lowest BCUT2D eigenvalue weighted by Gasteiger charge is -2.40. The van der Waals surface area contributed by atoms with E-state index < -0.39 is 0 Å². The molecule has 0 bridgehead atoms. The van der Waals surface area contributed by atoms with Gasteiger partial charge in [-0.2, -0.15) is 0 Å². The molecule has 0 amide bonds. The van der Waals surface area contributed by atoms with Crippen LogP contribution in [0.5, 0.6) is 0 Å². The van der Waals surface area contributed by atoms with Gasteiger partial charge >= 0.3 is 0 Å². The van der Waals surface area contributed by atoms with Crippen molar-refractivity contribution in [1.29, 1.82) is 0 Å². The molecule has 1 aliphatic carbocycles. The Morgan fingerprint density at radius 1 is 1.47 bits per heavy atom. The highest BCUT2D eigenvalue weighted by Crippen LogP contribution is 2.30. The van der Waals surface area contributed by atoms with Crippen molar-refractivity contribution in [2.45, 2.75) is 57.6 Å². The zero-order valence-corrected chi connectivity index (χ0v) is 10.1. The molecule has 0 aliphatic heterocycles. The molecule has 0 heterocycles. The van der Waals surface area contributed by atoms with Gasteiger partial charge < -0.3 is 15.2 Å². The van der Waals surface area contributed by atoms with E-state index in [1.54, 1.807) is 0 Å². The molecule has 1 rings (SSSR count). The van der Waals surface area contributed by atoms with Crippen molar-refractivity contribution in [3.63, 3.8) is 0 Å². The summed E-state index contributed by atoms with van der Waals surface area (Å²) in [6, 6.07) is 0. The maximum atomic E-state index is 9.64. The van der Waals surface area contributed by atoms with Crippen LogP contribution >= 0.6 is 0 Å². The number of aliphatic hydroxyl groups excluding tert-OH is 1. The van der Waals surface area contributed by atoms with Gasteiger partial charge in [-0.25, -0.2) is 0 Å². The van der Waals surface area contributed by atoms with Crippen LogP contribution in [0.25, 0.3) is 0 Å².